The van der Waals surface area contributed by atoms with E-state index < -0.39 is 6.23 Å². The number of anilines is 1. The molecule has 2 rings (SSSR count). The summed E-state index contributed by atoms with van der Waals surface area (Å²) in [6.45, 7) is 13.7. The van der Waals surface area contributed by atoms with Gasteiger partial charge in [-0.3, -0.25) is 0 Å². The number of nitrogens with zero attached hydrogens (tertiary/aromatic N) is 3. The molecule has 120 valence electrons. The van der Waals surface area contributed by atoms with Crippen LogP contribution in [0.25, 0.3) is 0 Å². The Kier molecular flexibility index (Phi) is 4.42. The van der Waals surface area contributed by atoms with Gasteiger partial charge in [0.25, 0.3) is 0 Å². The minimum absolute atomic E-state index is 0.222. The molecule has 1 saturated heterocycles. The fraction of sp³-hybridized carbons (Fsp3) is 0.500. The maximum Gasteiger partial charge on any atom is 0.328 e. The number of carbonyl (C=O) groups is 1. The number of aliphatic hydroxyl groups is 1. The highest BCUT2D eigenvalue weighted by Crippen LogP contribution is 2.32. The van der Waals surface area contributed by atoms with Crippen LogP contribution in [0.1, 0.15) is 33.0 Å². The molecule has 2 amide bonds. The van der Waals surface area contributed by atoms with Gasteiger partial charge in [-0.1, -0.05) is 38.1 Å². The van der Waals surface area contributed by atoms with Gasteiger partial charge in [-0.25, -0.2) is 9.69 Å². The molecule has 0 aliphatic carbocycles. The Morgan fingerprint density at radius 3 is 2.59 bits per heavy atom. The van der Waals surface area contributed by atoms with Crippen LogP contribution in [0.5, 0.6) is 0 Å². The first-order chi connectivity index (χ1) is 10.3. The second-order valence-corrected chi connectivity index (χ2v) is 6.40. The quantitative estimate of drug-likeness (QED) is 0.849. The van der Waals surface area contributed by atoms with Crippen molar-refractivity contribution in [2.45, 2.75) is 44.9 Å². The van der Waals surface area contributed by atoms with E-state index in [1.165, 1.54) is 4.90 Å². The lowest BCUT2D eigenvalue weighted by Crippen LogP contribution is -2.37. The fourth-order valence-corrected chi connectivity index (χ4v) is 2.47. The number of amides is 2. The summed E-state index contributed by atoms with van der Waals surface area (Å²) in [6.07, 6.45) is 2.81. The summed E-state index contributed by atoms with van der Waals surface area (Å²) in [6, 6.07) is 1.01. The molecule has 6 nitrogen and oxygen atoms in total. The highest BCUT2D eigenvalue weighted by atomic mass is 16.5. The maximum absolute atomic E-state index is 12.6. The van der Waals surface area contributed by atoms with Gasteiger partial charge in [0, 0.05) is 18.0 Å². The van der Waals surface area contributed by atoms with Gasteiger partial charge in [0.05, 0.1) is 6.04 Å². The van der Waals surface area contributed by atoms with Gasteiger partial charge in [0.2, 0.25) is 0 Å². The van der Waals surface area contributed by atoms with E-state index in [4.69, 9.17) is 4.52 Å². The predicted octanol–water partition coefficient (Wildman–Crippen LogP) is 2.66. The largest absolute Gasteiger partial charge is 0.371 e. The molecule has 0 spiro atoms. The molecular weight excluding hydrogens is 282 g/mol. The molecule has 0 aromatic carbocycles. The topological polar surface area (TPSA) is 69.8 Å². The van der Waals surface area contributed by atoms with Gasteiger partial charge < -0.3 is 14.5 Å². The average Bonchev–Trinajstić information content (AvgIpc) is 2.98. The molecule has 2 heterocycles. The van der Waals surface area contributed by atoms with E-state index in [0.29, 0.717) is 24.5 Å². The standard InChI is InChI=1S/C16H23N3O3/c1-6-8-11-14(20)19(15(21)18(11)9-7-2)13-10-12(22-17-13)16(3,4)5/h6-7,10-11,14,20H,1-2,8-9H2,3-5H3. The van der Waals surface area contributed by atoms with Gasteiger partial charge in [0.15, 0.2) is 12.0 Å². The monoisotopic (exact) mass is 305 g/mol. The summed E-state index contributed by atoms with van der Waals surface area (Å²) in [5.74, 6) is 0.980. The first-order valence-corrected chi connectivity index (χ1v) is 7.28. The van der Waals surface area contributed by atoms with Gasteiger partial charge >= 0.3 is 6.03 Å². The van der Waals surface area contributed by atoms with Crippen molar-refractivity contribution in [1.82, 2.24) is 10.1 Å². The number of hydrogen-bond acceptors (Lipinski definition) is 4. The second-order valence-electron chi connectivity index (χ2n) is 6.40. The Bertz CT molecular complexity index is 573. The first kappa shape index (κ1) is 16.3. The zero-order valence-corrected chi connectivity index (χ0v) is 13.3. The molecule has 0 saturated carbocycles. The van der Waals surface area contributed by atoms with Crippen LogP contribution in [-0.2, 0) is 5.41 Å². The van der Waals surface area contributed by atoms with Crippen molar-refractivity contribution in [2.24, 2.45) is 0 Å². The Morgan fingerprint density at radius 2 is 2.09 bits per heavy atom. The molecule has 6 heteroatoms. The molecule has 1 aromatic rings. The van der Waals surface area contributed by atoms with Crippen LogP contribution >= 0.6 is 0 Å². The zero-order chi connectivity index (χ0) is 16.5. The molecule has 2 atom stereocenters. The average molecular weight is 305 g/mol. The van der Waals surface area contributed by atoms with Crippen molar-refractivity contribution < 1.29 is 14.4 Å². The molecule has 1 aliphatic heterocycles. The minimum atomic E-state index is -0.997. The van der Waals surface area contributed by atoms with Crippen molar-refractivity contribution in [3.63, 3.8) is 0 Å². The van der Waals surface area contributed by atoms with Crippen LogP contribution in [0.4, 0.5) is 10.6 Å². The predicted molar refractivity (Wildman–Crippen MR) is 84.6 cm³/mol. The number of aromatic nitrogens is 1. The third-order valence-corrected chi connectivity index (χ3v) is 3.68. The van der Waals surface area contributed by atoms with E-state index in [1.54, 1.807) is 23.1 Å². The Labute approximate surface area is 130 Å². The Balaban J connectivity index is 2.34. The summed E-state index contributed by atoms with van der Waals surface area (Å²) in [7, 11) is 0. The van der Waals surface area contributed by atoms with Crippen LogP contribution in [0, 0.1) is 0 Å². The summed E-state index contributed by atoms with van der Waals surface area (Å²) < 4.78 is 5.31. The minimum Gasteiger partial charge on any atom is -0.371 e. The van der Waals surface area contributed by atoms with E-state index in [0.717, 1.165) is 0 Å². The van der Waals surface area contributed by atoms with Crippen LogP contribution in [0.3, 0.4) is 0 Å². The SMILES string of the molecule is C=CCC1C(O)N(c2cc(C(C)(C)C)on2)C(=O)N1CC=C. The fourth-order valence-electron chi connectivity index (χ4n) is 2.47. The Morgan fingerprint density at radius 1 is 1.41 bits per heavy atom. The third kappa shape index (κ3) is 2.78. The smallest absolute Gasteiger partial charge is 0.328 e. The van der Waals surface area contributed by atoms with E-state index in [1.807, 2.05) is 20.8 Å². The van der Waals surface area contributed by atoms with Crippen molar-refractivity contribution in [3.05, 3.63) is 37.1 Å². The van der Waals surface area contributed by atoms with E-state index >= 15 is 0 Å². The molecular formula is C16H23N3O3. The molecule has 1 N–H and O–H groups in total. The molecule has 2 unspecified atom stereocenters. The number of aliphatic hydroxyl groups excluding tert-OH is 1. The summed E-state index contributed by atoms with van der Waals surface area (Å²) >= 11 is 0. The lowest BCUT2D eigenvalue weighted by Gasteiger charge is -2.21. The van der Waals surface area contributed by atoms with Crippen LogP contribution < -0.4 is 4.90 Å². The lowest BCUT2D eigenvalue weighted by molar-refractivity contribution is 0.124. The van der Waals surface area contributed by atoms with E-state index in [9.17, 15) is 9.90 Å². The van der Waals surface area contributed by atoms with Crippen molar-refractivity contribution in [2.75, 3.05) is 11.4 Å². The number of carbonyl (C=O) groups excluding carboxylic acids is 1. The van der Waals surface area contributed by atoms with Crippen LogP contribution in [-0.4, -0.2) is 40.0 Å². The van der Waals surface area contributed by atoms with Crippen molar-refractivity contribution >= 4 is 11.8 Å². The van der Waals surface area contributed by atoms with Gasteiger partial charge in [-0.05, 0) is 6.42 Å². The third-order valence-electron chi connectivity index (χ3n) is 3.68. The second kappa shape index (κ2) is 5.96. The van der Waals surface area contributed by atoms with Crippen molar-refractivity contribution in [1.29, 1.82) is 0 Å². The number of hydrogen-bond donors (Lipinski definition) is 1. The van der Waals surface area contributed by atoms with Gasteiger partial charge in [0.1, 0.15) is 5.76 Å². The summed E-state index contributed by atoms with van der Waals surface area (Å²) in [5.41, 5.74) is -0.222. The molecule has 1 aromatic heterocycles. The summed E-state index contributed by atoms with van der Waals surface area (Å²) in [5, 5.41) is 14.5. The van der Waals surface area contributed by atoms with E-state index in [-0.39, 0.29) is 17.5 Å². The highest BCUT2D eigenvalue weighted by molar-refractivity contribution is 5.94. The Hall–Kier alpha value is -2.08. The summed E-state index contributed by atoms with van der Waals surface area (Å²) in [4.78, 5) is 15.4. The number of urea groups is 1. The number of rotatable bonds is 5. The molecule has 22 heavy (non-hydrogen) atoms. The van der Waals surface area contributed by atoms with Crippen LogP contribution in [0.15, 0.2) is 35.9 Å². The van der Waals surface area contributed by atoms with E-state index in [2.05, 4.69) is 18.3 Å². The van der Waals surface area contributed by atoms with Gasteiger partial charge in [-0.15, -0.1) is 13.2 Å². The van der Waals surface area contributed by atoms with Crippen molar-refractivity contribution in [3.8, 4) is 0 Å². The van der Waals surface area contributed by atoms with Crippen LogP contribution in [0.2, 0.25) is 0 Å². The molecule has 1 aliphatic rings. The van der Waals surface area contributed by atoms with Gasteiger partial charge in [-0.2, -0.15) is 0 Å². The first-order valence-electron chi connectivity index (χ1n) is 7.28. The normalized spacial score (nSPS) is 22.3. The maximum atomic E-state index is 12.6. The zero-order valence-electron chi connectivity index (χ0n) is 13.3. The molecule has 0 bridgehead atoms. The highest BCUT2D eigenvalue weighted by Gasteiger charge is 2.45. The molecule has 1 fully saturated rings. The molecule has 0 radical (unpaired) electrons. The lowest BCUT2D eigenvalue weighted by atomic mass is 9.93.